The second-order valence-corrected chi connectivity index (χ2v) is 9.19. The van der Waals surface area contributed by atoms with Crippen molar-refractivity contribution in [1.82, 2.24) is 0 Å². The number of nitriles is 1. The minimum atomic E-state index is -3.13. The van der Waals surface area contributed by atoms with E-state index in [9.17, 15) is 13.2 Å². The summed E-state index contributed by atoms with van der Waals surface area (Å²) in [6.45, 7) is 0.134. The molecule has 0 radical (unpaired) electrons. The number of rotatable bonds is 2. The van der Waals surface area contributed by atoms with Crippen molar-refractivity contribution in [1.29, 1.82) is 5.26 Å². The Kier molecular flexibility index (Phi) is 3.85. The number of fused-ring (bicyclic) bond motifs is 2. The molecule has 0 N–H and O–H groups in total. The third-order valence-electron chi connectivity index (χ3n) is 4.15. The smallest absolute Gasteiger partial charge is 0.262 e. The maximum absolute atomic E-state index is 12.0. The van der Waals surface area contributed by atoms with Crippen molar-refractivity contribution in [2.24, 2.45) is 4.99 Å². The molecular formula is C15H13N3O5S2. The van der Waals surface area contributed by atoms with Crippen LogP contribution in [0.25, 0.3) is 0 Å². The van der Waals surface area contributed by atoms with E-state index < -0.39 is 15.7 Å². The number of amides is 1. The van der Waals surface area contributed by atoms with Crippen LogP contribution in [0.4, 0.5) is 5.69 Å². The summed E-state index contributed by atoms with van der Waals surface area (Å²) in [4.78, 5) is 17.6. The number of benzene rings is 1. The zero-order chi connectivity index (χ0) is 17.6. The van der Waals surface area contributed by atoms with Gasteiger partial charge in [-0.05, 0) is 12.1 Å². The molecule has 2 atom stereocenters. The molecule has 0 spiro atoms. The monoisotopic (exact) mass is 379 g/mol. The molecule has 1 amide bonds. The van der Waals surface area contributed by atoms with Gasteiger partial charge in [0.2, 0.25) is 6.79 Å². The highest BCUT2D eigenvalue weighted by Gasteiger charge is 2.49. The van der Waals surface area contributed by atoms with Crippen LogP contribution in [0.3, 0.4) is 0 Å². The molecule has 0 aromatic heterocycles. The average molecular weight is 379 g/mol. The summed E-state index contributed by atoms with van der Waals surface area (Å²) in [7, 11) is -3.13. The van der Waals surface area contributed by atoms with Crippen LogP contribution < -0.4 is 14.4 Å². The van der Waals surface area contributed by atoms with Gasteiger partial charge in [0.05, 0.1) is 23.6 Å². The molecule has 130 valence electrons. The number of thioether (sulfide) groups is 1. The number of hydrogen-bond donors (Lipinski definition) is 0. The van der Waals surface area contributed by atoms with Crippen LogP contribution in [-0.4, -0.2) is 49.1 Å². The lowest BCUT2D eigenvalue weighted by Crippen LogP contribution is -2.37. The lowest BCUT2D eigenvalue weighted by Gasteiger charge is -2.24. The third kappa shape index (κ3) is 2.94. The maximum Gasteiger partial charge on any atom is 0.262 e. The third-order valence-corrected chi connectivity index (χ3v) is 7.36. The van der Waals surface area contributed by atoms with Crippen LogP contribution in [0.5, 0.6) is 11.5 Å². The molecule has 0 saturated carbocycles. The molecule has 2 saturated heterocycles. The van der Waals surface area contributed by atoms with Gasteiger partial charge in [0, 0.05) is 17.0 Å². The van der Waals surface area contributed by atoms with Crippen LogP contribution in [0.1, 0.15) is 6.42 Å². The molecule has 25 heavy (non-hydrogen) atoms. The predicted molar refractivity (Wildman–Crippen MR) is 91.5 cm³/mol. The van der Waals surface area contributed by atoms with Crippen LogP contribution in [-0.2, 0) is 14.6 Å². The van der Waals surface area contributed by atoms with E-state index in [-0.39, 0.29) is 36.0 Å². The highest BCUT2D eigenvalue weighted by molar-refractivity contribution is 8.16. The van der Waals surface area contributed by atoms with E-state index in [4.69, 9.17) is 14.7 Å². The van der Waals surface area contributed by atoms with E-state index in [1.165, 1.54) is 11.8 Å². The molecule has 2 fully saturated rings. The number of sulfone groups is 1. The molecule has 4 rings (SSSR count). The molecule has 2 unspecified atom stereocenters. The summed E-state index contributed by atoms with van der Waals surface area (Å²) in [6, 6.07) is 6.75. The highest BCUT2D eigenvalue weighted by Crippen LogP contribution is 2.43. The van der Waals surface area contributed by atoms with Crippen molar-refractivity contribution in [3.8, 4) is 17.6 Å². The Morgan fingerprint density at radius 2 is 2.16 bits per heavy atom. The first-order valence-corrected chi connectivity index (χ1v) is 10.2. The van der Waals surface area contributed by atoms with E-state index in [1.807, 2.05) is 0 Å². The summed E-state index contributed by atoms with van der Waals surface area (Å²) in [5, 5.41) is 8.89. The van der Waals surface area contributed by atoms with Gasteiger partial charge in [0.15, 0.2) is 26.5 Å². The molecule has 0 aliphatic carbocycles. The molecule has 1 aromatic rings. The zero-order valence-electron chi connectivity index (χ0n) is 12.9. The van der Waals surface area contributed by atoms with Gasteiger partial charge in [-0.3, -0.25) is 4.79 Å². The Bertz CT molecular complexity index is 922. The van der Waals surface area contributed by atoms with E-state index in [0.29, 0.717) is 22.4 Å². The number of ether oxygens (including phenoxy) is 2. The SMILES string of the molecule is N#CCC(=O)N=C1SC2CS(=O)(=O)CC2N1c1ccc2c(c1)OCO2. The number of anilines is 1. The number of nitrogens with zero attached hydrogens (tertiary/aromatic N) is 3. The second-order valence-electron chi connectivity index (χ2n) is 5.83. The van der Waals surface area contributed by atoms with Gasteiger partial charge in [-0.25, -0.2) is 8.42 Å². The van der Waals surface area contributed by atoms with Crippen LogP contribution in [0.2, 0.25) is 0 Å². The van der Waals surface area contributed by atoms with Gasteiger partial charge in [-0.1, -0.05) is 11.8 Å². The Morgan fingerprint density at radius 3 is 2.96 bits per heavy atom. The summed E-state index contributed by atoms with van der Waals surface area (Å²) >= 11 is 1.27. The van der Waals surface area contributed by atoms with Crippen molar-refractivity contribution in [3.63, 3.8) is 0 Å². The highest BCUT2D eigenvalue weighted by atomic mass is 32.2. The molecule has 0 bridgehead atoms. The summed E-state index contributed by atoms with van der Waals surface area (Å²) in [5.41, 5.74) is 0.685. The van der Waals surface area contributed by atoms with Crippen molar-refractivity contribution in [2.75, 3.05) is 23.2 Å². The fourth-order valence-electron chi connectivity index (χ4n) is 3.12. The fraction of sp³-hybridized carbons (Fsp3) is 0.400. The molecule has 3 aliphatic heterocycles. The molecule has 8 nitrogen and oxygen atoms in total. The molecule has 10 heteroatoms. The van der Waals surface area contributed by atoms with E-state index in [1.54, 1.807) is 29.2 Å². The van der Waals surface area contributed by atoms with Crippen molar-refractivity contribution >= 4 is 38.4 Å². The van der Waals surface area contributed by atoms with Gasteiger partial charge in [0.25, 0.3) is 5.91 Å². The summed E-state index contributed by atoms with van der Waals surface area (Å²) < 4.78 is 34.7. The zero-order valence-corrected chi connectivity index (χ0v) is 14.5. The minimum Gasteiger partial charge on any atom is -0.454 e. The fourth-order valence-corrected chi connectivity index (χ4v) is 7.05. The van der Waals surface area contributed by atoms with Gasteiger partial charge in [0.1, 0.15) is 6.42 Å². The maximum atomic E-state index is 12.0. The molecule has 3 heterocycles. The number of amidine groups is 1. The Morgan fingerprint density at radius 1 is 1.36 bits per heavy atom. The molecule has 1 aromatic carbocycles. The Balaban J connectivity index is 1.74. The second kappa shape index (κ2) is 5.93. The van der Waals surface area contributed by atoms with Crippen LogP contribution in [0, 0.1) is 11.3 Å². The summed E-state index contributed by atoms with van der Waals surface area (Å²) in [6.07, 6.45) is -0.313. The van der Waals surface area contributed by atoms with Crippen molar-refractivity contribution in [2.45, 2.75) is 17.7 Å². The van der Waals surface area contributed by atoms with Crippen LogP contribution in [0.15, 0.2) is 23.2 Å². The lowest BCUT2D eigenvalue weighted by atomic mass is 10.2. The summed E-state index contributed by atoms with van der Waals surface area (Å²) in [5.74, 6) is 0.692. The van der Waals surface area contributed by atoms with Crippen LogP contribution >= 0.6 is 11.8 Å². The van der Waals surface area contributed by atoms with Crippen molar-refractivity contribution < 1.29 is 22.7 Å². The Hall–Kier alpha value is -2.25. The van der Waals surface area contributed by atoms with Gasteiger partial charge >= 0.3 is 0 Å². The first-order valence-electron chi connectivity index (χ1n) is 7.51. The molecule has 3 aliphatic rings. The van der Waals surface area contributed by atoms with E-state index >= 15 is 0 Å². The van der Waals surface area contributed by atoms with Gasteiger partial charge in [-0.2, -0.15) is 10.3 Å². The lowest BCUT2D eigenvalue weighted by molar-refractivity contribution is -0.116. The Labute approximate surface area is 148 Å². The standard InChI is InChI=1S/C15H13N3O5S2/c16-4-3-14(19)17-15-18(10-6-25(20,21)7-13(10)24-15)9-1-2-11-12(5-9)23-8-22-11/h1-2,5,10,13H,3,6-8H2. The minimum absolute atomic E-state index is 0.00453. The van der Waals surface area contributed by atoms with Gasteiger partial charge in [-0.15, -0.1) is 0 Å². The topological polar surface area (TPSA) is 109 Å². The van der Waals surface area contributed by atoms with E-state index in [0.717, 1.165) is 0 Å². The number of carbonyl (C=O) groups excluding carboxylic acids is 1. The van der Waals surface area contributed by atoms with Gasteiger partial charge < -0.3 is 14.4 Å². The first kappa shape index (κ1) is 16.2. The number of hydrogen-bond acceptors (Lipinski definition) is 7. The van der Waals surface area contributed by atoms with Crippen molar-refractivity contribution in [3.05, 3.63) is 18.2 Å². The quantitative estimate of drug-likeness (QED) is 0.746. The normalized spacial score (nSPS) is 27.3. The van der Waals surface area contributed by atoms with E-state index in [2.05, 4.69) is 4.99 Å². The number of carbonyl (C=O) groups is 1. The average Bonchev–Trinajstić information content (AvgIpc) is 3.18. The predicted octanol–water partition coefficient (Wildman–Crippen LogP) is 0.930. The number of aliphatic imine (C=N–C) groups is 1. The first-order chi connectivity index (χ1) is 12.0. The molecular weight excluding hydrogens is 366 g/mol. The largest absolute Gasteiger partial charge is 0.454 e.